The maximum Gasteiger partial charge on any atom is 0.235 e. The van der Waals surface area contributed by atoms with Crippen molar-refractivity contribution in [2.75, 3.05) is 7.05 Å². The number of nitrogens with two attached hydrogens (primary N) is 1. The third-order valence-electron chi connectivity index (χ3n) is 5.28. The predicted molar refractivity (Wildman–Crippen MR) is 86.6 cm³/mol. The van der Waals surface area contributed by atoms with Crippen LogP contribution in [0.15, 0.2) is 0 Å². The number of nitrogens with zero attached hydrogens (tertiary/aromatic N) is 1. The summed E-state index contributed by atoms with van der Waals surface area (Å²) in [5.41, 5.74) is 5.44. The molecule has 0 unspecified atom stereocenters. The van der Waals surface area contributed by atoms with Crippen LogP contribution in [0.1, 0.15) is 70.6 Å². The molecule has 0 aromatic heterocycles. The molecule has 0 heterocycles. The molecule has 0 atom stereocenters. The van der Waals surface area contributed by atoms with Gasteiger partial charge in [0.1, 0.15) is 0 Å². The van der Waals surface area contributed by atoms with E-state index in [4.69, 9.17) is 18.0 Å². The van der Waals surface area contributed by atoms with Gasteiger partial charge in [0.2, 0.25) is 5.91 Å². The highest BCUT2D eigenvalue weighted by Crippen LogP contribution is 2.39. The van der Waals surface area contributed by atoms with Crippen LogP contribution in [0, 0.1) is 5.41 Å². The highest BCUT2D eigenvalue weighted by molar-refractivity contribution is 7.80. The van der Waals surface area contributed by atoms with Crippen molar-refractivity contribution in [2.45, 2.75) is 76.7 Å². The zero-order valence-corrected chi connectivity index (χ0v) is 13.5. The summed E-state index contributed by atoms with van der Waals surface area (Å²) in [6, 6.07) is 0.387. The molecule has 0 bridgehead atoms. The quantitative estimate of drug-likeness (QED) is 0.641. The van der Waals surface area contributed by atoms with Gasteiger partial charge in [-0.3, -0.25) is 4.79 Å². The summed E-state index contributed by atoms with van der Waals surface area (Å²) >= 11 is 5.28. The Kier molecular flexibility index (Phi) is 5.42. The van der Waals surface area contributed by atoms with Crippen LogP contribution < -0.4 is 5.73 Å². The molecule has 2 aliphatic rings. The fourth-order valence-corrected chi connectivity index (χ4v) is 4.16. The van der Waals surface area contributed by atoms with Gasteiger partial charge in [0.25, 0.3) is 0 Å². The lowest BCUT2D eigenvalue weighted by Crippen LogP contribution is -2.53. The van der Waals surface area contributed by atoms with Crippen LogP contribution in [-0.2, 0) is 4.79 Å². The molecule has 2 saturated carbocycles. The number of rotatable bonds is 3. The van der Waals surface area contributed by atoms with Gasteiger partial charge in [0.15, 0.2) is 0 Å². The fraction of sp³-hybridized carbons (Fsp3) is 0.875. The van der Waals surface area contributed by atoms with Gasteiger partial charge >= 0.3 is 0 Å². The minimum Gasteiger partial charge on any atom is -0.392 e. The molecule has 0 aliphatic heterocycles. The van der Waals surface area contributed by atoms with Crippen LogP contribution in [0.4, 0.5) is 0 Å². The maximum atomic E-state index is 13.0. The first-order chi connectivity index (χ1) is 9.58. The highest BCUT2D eigenvalue weighted by Gasteiger charge is 2.45. The van der Waals surface area contributed by atoms with E-state index in [1.165, 1.54) is 32.1 Å². The Morgan fingerprint density at radius 1 is 1.05 bits per heavy atom. The summed E-state index contributed by atoms with van der Waals surface area (Å²) < 4.78 is 0. The first kappa shape index (κ1) is 15.7. The number of carbonyl (C=O) groups is 1. The molecule has 0 saturated heterocycles. The van der Waals surface area contributed by atoms with E-state index < -0.39 is 5.41 Å². The second-order valence-electron chi connectivity index (χ2n) is 6.57. The molecule has 1 amide bonds. The Balaban J connectivity index is 2.11. The van der Waals surface area contributed by atoms with Crippen molar-refractivity contribution in [1.29, 1.82) is 0 Å². The normalized spacial score (nSPS) is 23.9. The first-order valence-electron chi connectivity index (χ1n) is 8.15. The van der Waals surface area contributed by atoms with Crippen LogP contribution in [0.3, 0.4) is 0 Å². The molecule has 0 radical (unpaired) electrons. The molecule has 2 N–H and O–H groups in total. The molecule has 2 aliphatic carbocycles. The predicted octanol–water partition coefficient (Wildman–Crippen LogP) is 3.40. The first-order valence-corrected chi connectivity index (χ1v) is 8.56. The average molecular weight is 296 g/mol. The number of thiocarbonyl (C=S) groups is 1. The second kappa shape index (κ2) is 6.88. The monoisotopic (exact) mass is 296 g/mol. The van der Waals surface area contributed by atoms with Crippen LogP contribution in [0.25, 0.3) is 0 Å². The Morgan fingerprint density at radius 2 is 1.55 bits per heavy atom. The van der Waals surface area contributed by atoms with Crippen molar-refractivity contribution in [2.24, 2.45) is 11.1 Å². The van der Waals surface area contributed by atoms with Gasteiger partial charge in [-0.05, 0) is 25.7 Å². The lowest BCUT2D eigenvalue weighted by atomic mass is 9.72. The van der Waals surface area contributed by atoms with Gasteiger partial charge in [-0.2, -0.15) is 0 Å². The van der Waals surface area contributed by atoms with Crippen LogP contribution in [-0.4, -0.2) is 28.9 Å². The highest BCUT2D eigenvalue weighted by atomic mass is 32.1. The van der Waals surface area contributed by atoms with Gasteiger partial charge in [-0.1, -0.05) is 57.2 Å². The summed E-state index contributed by atoms with van der Waals surface area (Å²) in [5, 5.41) is 0. The largest absolute Gasteiger partial charge is 0.392 e. The Labute approximate surface area is 128 Å². The van der Waals surface area contributed by atoms with E-state index in [-0.39, 0.29) is 5.91 Å². The molecule has 4 heteroatoms. The van der Waals surface area contributed by atoms with Crippen molar-refractivity contribution in [1.82, 2.24) is 4.90 Å². The van der Waals surface area contributed by atoms with Crippen molar-refractivity contribution in [3.05, 3.63) is 0 Å². The average Bonchev–Trinajstić information content (AvgIpc) is 2.75. The minimum absolute atomic E-state index is 0.191. The second-order valence-corrected chi connectivity index (χ2v) is 7.01. The SMILES string of the molecule is CN(C(=O)C1(C(N)=S)CCCCC1)C1CCCCCC1. The third kappa shape index (κ3) is 3.16. The van der Waals surface area contributed by atoms with Gasteiger partial charge in [0.05, 0.1) is 10.4 Å². The Morgan fingerprint density at radius 3 is 2.05 bits per heavy atom. The molecule has 2 fully saturated rings. The summed E-state index contributed by atoms with van der Waals surface area (Å²) in [5.74, 6) is 0.191. The lowest BCUT2D eigenvalue weighted by molar-refractivity contribution is -0.140. The van der Waals surface area contributed by atoms with Crippen molar-refractivity contribution < 1.29 is 4.79 Å². The number of carbonyl (C=O) groups excluding carboxylic acids is 1. The van der Waals surface area contributed by atoms with E-state index in [1.807, 2.05) is 11.9 Å². The van der Waals surface area contributed by atoms with E-state index >= 15 is 0 Å². The molecule has 114 valence electrons. The summed E-state index contributed by atoms with van der Waals surface area (Å²) in [6.45, 7) is 0. The third-order valence-corrected chi connectivity index (χ3v) is 5.67. The lowest BCUT2D eigenvalue weighted by Gasteiger charge is -2.40. The minimum atomic E-state index is -0.547. The molecular weight excluding hydrogens is 268 g/mol. The van der Waals surface area contributed by atoms with E-state index in [1.54, 1.807) is 0 Å². The topological polar surface area (TPSA) is 46.3 Å². The molecular formula is C16H28N2OS. The van der Waals surface area contributed by atoms with E-state index in [2.05, 4.69) is 0 Å². The van der Waals surface area contributed by atoms with Gasteiger partial charge < -0.3 is 10.6 Å². The summed E-state index contributed by atoms with van der Waals surface area (Å²) in [4.78, 5) is 15.4. The standard InChI is InChI=1S/C16H28N2OS/c1-18(13-9-5-2-3-6-10-13)15(19)16(14(17)20)11-7-4-8-12-16/h13H,2-12H2,1H3,(H2,17,20). The van der Waals surface area contributed by atoms with Gasteiger partial charge in [0, 0.05) is 13.1 Å². The zero-order chi connectivity index (χ0) is 14.6. The van der Waals surface area contributed by atoms with E-state index in [0.29, 0.717) is 11.0 Å². The number of amides is 1. The Hall–Kier alpha value is -0.640. The number of hydrogen-bond acceptors (Lipinski definition) is 2. The fourth-order valence-electron chi connectivity index (χ4n) is 3.87. The summed E-state index contributed by atoms with van der Waals surface area (Å²) in [6.07, 6.45) is 12.4. The maximum absolute atomic E-state index is 13.0. The van der Waals surface area contributed by atoms with Crippen LogP contribution in [0.2, 0.25) is 0 Å². The van der Waals surface area contributed by atoms with Crippen molar-refractivity contribution >= 4 is 23.1 Å². The molecule has 3 nitrogen and oxygen atoms in total. The molecule has 0 spiro atoms. The molecule has 0 aromatic carbocycles. The van der Waals surface area contributed by atoms with Crippen LogP contribution in [0.5, 0.6) is 0 Å². The van der Waals surface area contributed by atoms with Gasteiger partial charge in [-0.15, -0.1) is 0 Å². The van der Waals surface area contributed by atoms with Crippen molar-refractivity contribution in [3.8, 4) is 0 Å². The zero-order valence-electron chi connectivity index (χ0n) is 12.7. The summed E-state index contributed by atoms with van der Waals surface area (Å²) in [7, 11) is 1.97. The number of hydrogen-bond donors (Lipinski definition) is 1. The molecule has 2 rings (SSSR count). The van der Waals surface area contributed by atoms with E-state index in [0.717, 1.165) is 38.5 Å². The van der Waals surface area contributed by atoms with Gasteiger partial charge in [-0.25, -0.2) is 0 Å². The van der Waals surface area contributed by atoms with E-state index in [9.17, 15) is 4.79 Å². The molecule has 20 heavy (non-hydrogen) atoms. The smallest absolute Gasteiger partial charge is 0.235 e. The van der Waals surface area contributed by atoms with Crippen molar-refractivity contribution in [3.63, 3.8) is 0 Å². The molecule has 0 aromatic rings. The van der Waals surface area contributed by atoms with Crippen LogP contribution >= 0.6 is 12.2 Å². The Bertz CT molecular complexity index is 355.